The molecule has 0 bridgehead atoms. The summed E-state index contributed by atoms with van der Waals surface area (Å²) < 4.78 is 4.88. The van der Waals surface area contributed by atoms with Gasteiger partial charge in [-0.3, -0.25) is 9.59 Å². The first-order valence-corrected chi connectivity index (χ1v) is 6.65. The molecular weight excluding hydrogens is 256 g/mol. The molecule has 5 nitrogen and oxygen atoms in total. The number of methoxy groups -OCH3 is 1. The third-order valence-corrected chi connectivity index (χ3v) is 3.57. The van der Waals surface area contributed by atoms with E-state index in [9.17, 15) is 9.59 Å². The van der Waals surface area contributed by atoms with E-state index >= 15 is 0 Å². The monoisotopic (exact) mass is 276 g/mol. The molecule has 0 aromatic heterocycles. The number of nitrogens with one attached hydrogen (secondary N) is 2. The number of anilines is 1. The maximum absolute atomic E-state index is 11.9. The highest BCUT2D eigenvalue weighted by molar-refractivity contribution is 6.05. The third-order valence-electron chi connectivity index (χ3n) is 3.57. The number of hydrogen-bond acceptors (Lipinski definition) is 3. The van der Waals surface area contributed by atoms with Crippen LogP contribution in [0.3, 0.4) is 0 Å². The minimum Gasteiger partial charge on any atom is -0.383 e. The van der Waals surface area contributed by atoms with Crippen LogP contribution in [0, 0.1) is 0 Å². The maximum atomic E-state index is 11.9. The summed E-state index contributed by atoms with van der Waals surface area (Å²) in [4.78, 5) is 23.6. The third kappa shape index (κ3) is 2.82. The molecule has 0 saturated carbocycles. The lowest BCUT2D eigenvalue weighted by atomic mass is 9.85. The Hall–Kier alpha value is -1.88. The lowest BCUT2D eigenvalue weighted by Gasteiger charge is -2.15. The van der Waals surface area contributed by atoms with Crippen molar-refractivity contribution in [1.82, 2.24) is 5.32 Å². The Morgan fingerprint density at radius 1 is 1.40 bits per heavy atom. The Morgan fingerprint density at radius 2 is 2.15 bits per heavy atom. The number of hydrogen-bond donors (Lipinski definition) is 2. The van der Waals surface area contributed by atoms with Crippen LogP contribution in [-0.2, 0) is 26.2 Å². The lowest BCUT2D eigenvalue weighted by molar-refractivity contribution is -0.121. The van der Waals surface area contributed by atoms with Gasteiger partial charge in [0.1, 0.15) is 0 Å². The number of carbonyl (C=O) groups excluding carboxylic acids is 2. The minimum atomic E-state index is -0.544. The van der Waals surface area contributed by atoms with Crippen molar-refractivity contribution in [2.75, 3.05) is 25.6 Å². The minimum absolute atomic E-state index is 0.00537. The highest BCUT2D eigenvalue weighted by atomic mass is 16.5. The number of carbonyl (C=O) groups is 2. The van der Waals surface area contributed by atoms with Gasteiger partial charge >= 0.3 is 0 Å². The number of fused-ring (bicyclic) bond motifs is 1. The van der Waals surface area contributed by atoms with E-state index in [-0.39, 0.29) is 11.8 Å². The van der Waals surface area contributed by atoms with Crippen LogP contribution in [0.25, 0.3) is 0 Å². The van der Waals surface area contributed by atoms with E-state index in [0.29, 0.717) is 19.6 Å². The molecule has 0 radical (unpaired) electrons. The van der Waals surface area contributed by atoms with Crippen molar-refractivity contribution in [3.8, 4) is 0 Å². The van der Waals surface area contributed by atoms with Crippen LogP contribution in [0.15, 0.2) is 18.2 Å². The van der Waals surface area contributed by atoms with Crippen LogP contribution < -0.4 is 10.6 Å². The van der Waals surface area contributed by atoms with Crippen LogP contribution in [0.1, 0.15) is 25.0 Å². The Labute approximate surface area is 118 Å². The molecule has 1 aliphatic heterocycles. The molecule has 2 amide bonds. The summed E-state index contributed by atoms with van der Waals surface area (Å²) in [6, 6.07) is 5.67. The molecule has 1 aromatic carbocycles. The van der Waals surface area contributed by atoms with Crippen LogP contribution in [0.2, 0.25) is 0 Å². The fourth-order valence-electron chi connectivity index (χ4n) is 2.27. The van der Waals surface area contributed by atoms with E-state index in [4.69, 9.17) is 4.74 Å². The van der Waals surface area contributed by atoms with E-state index in [1.807, 2.05) is 32.0 Å². The molecule has 20 heavy (non-hydrogen) atoms. The molecular formula is C15H20N2O3. The molecule has 108 valence electrons. The first kappa shape index (κ1) is 14.5. The van der Waals surface area contributed by atoms with Gasteiger partial charge in [0.15, 0.2) is 0 Å². The predicted molar refractivity (Wildman–Crippen MR) is 76.7 cm³/mol. The zero-order chi connectivity index (χ0) is 14.8. The van der Waals surface area contributed by atoms with Crippen LogP contribution in [0.5, 0.6) is 0 Å². The van der Waals surface area contributed by atoms with Gasteiger partial charge in [-0.2, -0.15) is 0 Å². The molecule has 0 fully saturated rings. The maximum Gasteiger partial charge on any atom is 0.234 e. The standard InChI is InChI=1S/C15H20N2O3/c1-15(2)11-8-10(4-5-12(11)17-14(15)19)9-13(18)16-6-7-20-3/h4-5,8H,6-7,9H2,1-3H3,(H,16,18)(H,17,19). The van der Waals surface area contributed by atoms with Gasteiger partial charge in [-0.15, -0.1) is 0 Å². The number of amides is 2. The molecule has 1 aliphatic rings. The van der Waals surface area contributed by atoms with Gasteiger partial charge in [-0.05, 0) is 31.0 Å². The van der Waals surface area contributed by atoms with Crippen molar-refractivity contribution in [3.05, 3.63) is 29.3 Å². The largest absolute Gasteiger partial charge is 0.383 e. The molecule has 1 heterocycles. The molecule has 0 unspecified atom stereocenters. The quantitative estimate of drug-likeness (QED) is 0.795. The highest BCUT2D eigenvalue weighted by Gasteiger charge is 2.38. The van der Waals surface area contributed by atoms with Gasteiger partial charge in [0.05, 0.1) is 18.4 Å². The van der Waals surface area contributed by atoms with Crippen molar-refractivity contribution in [2.45, 2.75) is 25.7 Å². The van der Waals surface area contributed by atoms with Gasteiger partial charge in [-0.1, -0.05) is 12.1 Å². The first-order valence-electron chi connectivity index (χ1n) is 6.65. The molecule has 2 N–H and O–H groups in total. The predicted octanol–water partition coefficient (Wildman–Crippen LogP) is 1.22. The second kappa shape index (κ2) is 5.63. The molecule has 2 rings (SSSR count). The Morgan fingerprint density at radius 3 is 2.85 bits per heavy atom. The zero-order valence-electron chi connectivity index (χ0n) is 12.1. The number of benzene rings is 1. The SMILES string of the molecule is COCCNC(=O)Cc1ccc2c(c1)C(C)(C)C(=O)N2. The van der Waals surface area contributed by atoms with Crippen molar-refractivity contribution in [3.63, 3.8) is 0 Å². The number of ether oxygens (including phenoxy) is 1. The van der Waals surface area contributed by atoms with E-state index < -0.39 is 5.41 Å². The van der Waals surface area contributed by atoms with Gasteiger partial charge in [0.25, 0.3) is 0 Å². The zero-order valence-corrected chi connectivity index (χ0v) is 12.1. The molecule has 0 spiro atoms. The van der Waals surface area contributed by atoms with Gasteiger partial charge < -0.3 is 15.4 Å². The van der Waals surface area contributed by atoms with E-state index in [1.54, 1.807) is 7.11 Å². The van der Waals surface area contributed by atoms with E-state index in [0.717, 1.165) is 16.8 Å². The van der Waals surface area contributed by atoms with Gasteiger partial charge in [0.2, 0.25) is 11.8 Å². The Bertz CT molecular complexity index is 538. The summed E-state index contributed by atoms with van der Waals surface area (Å²) in [7, 11) is 1.60. The van der Waals surface area contributed by atoms with Crippen molar-refractivity contribution in [2.24, 2.45) is 0 Å². The fourth-order valence-corrected chi connectivity index (χ4v) is 2.27. The first-order chi connectivity index (χ1) is 9.45. The molecule has 0 aliphatic carbocycles. The van der Waals surface area contributed by atoms with Crippen molar-refractivity contribution in [1.29, 1.82) is 0 Å². The van der Waals surface area contributed by atoms with Crippen molar-refractivity contribution < 1.29 is 14.3 Å². The van der Waals surface area contributed by atoms with Gasteiger partial charge in [-0.25, -0.2) is 0 Å². The normalized spacial score (nSPS) is 15.7. The summed E-state index contributed by atoms with van der Waals surface area (Å²) in [6.07, 6.45) is 0.307. The summed E-state index contributed by atoms with van der Waals surface area (Å²) in [5.74, 6) is -0.0497. The smallest absolute Gasteiger partial charge is 0.234 e. The highest BCUT2D eigenvalue weighted by Crippen LogP contribution is 2.37. The summed E-state index contributed by atoms with van der Waals surface area (Å²) in [5.41, 5.74) is 2.15. The fraction of sp³-hybridized carbons (Fsp3) is 0.467. The van der Waals surface area contributed by atoms with Gasteiger partial charge in [0, 0.05) is 19.3 Å². The summed E-state index contributed by atoms with van der Waals surface area (Å²) in [5, 5.41) is 5.64. The molecule has 1 aromatic rings. The van der Waals surface area contributed by atoms with Crippen LogP contribution in [-0.4, -0.2) is 32.1 Å². The van der Waals surface area contributed by atoms with E-state index in [1.165, 1.54) is 0 Å². The topological polar surface area (TPSA) is 67.4 Å². The number of rotatable bonds is 5. The average Bonchev–Trinajstić information content (AvgIpc) is 2.61. The summed E-state index contributed by atoms with van der Waals surface area (Å²) >= 11 is 0. The Balaban J connectivity index is 2.07. The average molecular weight is 276 g/mol. The molecule has 0 saturated heterocycles. The lowest BCUT2D eigenvalue weighted by Crippen LogP contribution is -2.28. The van der Waals surface area contributed by atoms with Crippen LogP contribution >= 0.6 is 0 Å². The van der Waals surface area contributed by atoms with Crippen molar-refractivity contribution >= 4 is 17.5 Å². The van der Waals surface area contributed by atoms with Crippen LogP contribution in [0.4, 0.5) is 5.69 Å². The second-order valence-electron chi connectivity index (χ2n) is 5.48. The molecule has 0 atom stereocenters. The second-order valence-corrected chi connectivity index (χ2v) is 5.48. The summed E-state index contributed by atoms with van der Waals surface area (Å²) in [6.45, 7) is 4.78. The molecule has 5 heteroatoms. The van der Waals surface area contributed by atoms with E-state index in [2.05, 4.69) is 10.6 Å². The Kier molecular flexibility index (Phi) is 4.09.